The van der Waals surface area contributed by atoms with Crippen molar-refractivity contribution >= 4 is 24.0 Å². The number of carbonyl (C=O) groups excluding carboxylic acids is 4. The Bertz CT molecular complexity index is 1820. The average Bonchev–Trinajstić information content (AvgIpc) is 4.03. The second-order valence-electron chi connectivity index (χ2n) is 14.9. The molecular weight excluding hydrogens is 688 g/mol. The van der Waals surface area contributed by atoms with Gasteiger partial charge in [-0.25, -0.2) is 19.6 Å². The SMILES string of the molecule is C#CC[C@@H](NC(=O)OC)C(=O)N1CCC[C@H]1c1ncc([C@H]2CC[C@H](c3ccc(-c4cnc([C@@H]5CCCN5C(=O)[C@@H](NC(=O)OC)C(C)C)[nH]4)cc3)CC2)[nH]1. The molecule has 0 radical (unpaired) electrons. The fourth-order valence-corrected chi connectivity index (χ4v) is 8.28. The number of amides is 4. The molecule has 2 aromatic heterocycles. The number of nitrogens with one attached hydrogen (secondary N) is 4. The third kappa shape index (κ3) is 8.40. The van der Waals surface area contributed by atoms with Crippen LogP contribution in [0.25, 0.3) is 11.3 Å². The molecule has 14 nitrogen and oxygen atoms in total. The number of aromatic nitrogens is 4. The highest BCUT2D eigenvalue weighted by Gasteiger charge is 2.38. The summed E-state index contributed by atoms with van der Waals surface area (Å²) in [5.41, 5.74) is 4.35. The normalized spacial score (nSPS) is 22.4. The maximum Gasteiger partial charge on any atom is 0.407 e. The molecule has 1 aromatic carbocycles. The largest absolute Gasteiger partial charge is 0.453 e. The monoisotopic (exact) mass is 740 g/mol. The van der Waals surface area contributed by atoms with Gasteiger partial charge in [0.1, 0.15) is 23.7 Å². The van der Waals surface area contributed by atoms with Gasteiger partial charge in [-0.3, -0.25) is 9.59 Å². The molecule has 1 saturated carbocycles. The molecule has 4 atom stereocenters. The minimum atomic E-state index is -0.846. The molecule has 0 bridgehead atoms. The lowest BCUT2D eigenvalue weighted by atomic mass is 9.77. The fourth-order valence-electron chi connectivity index (χ4n) is 8.28. The minimum Gasteiger partial charge on any atom is -0.453 e. The van der Waals surface area contributed by atoms with E-state index in [-0.39, 0.29) is 36.2 Å². The summed E-state index contributed by atoms with van der Waals surface area (Å²) in [6, 6.07) is 6.78. The summed E-state index contributed by atoms with van der Waals surface area (Å²) >= 11 is 0. The second-order valence-corrected chi connectivity index (χ2v) is 14.9. The molecule has 6 rings (SSSR count). The number of hydrogen-bond acceptors (Lipinski definition) is 8. The number of nitrogens with zero attached hydrogens (tertiary/aromatic N) is 4. The topological polar surface area (TPSA) is 175 Å². The van der Waals surface area contributed by atoms with Gasteiger partial charge in [-0.15, -0.1) is 12.3 Å². The Labute approximate surface area is 316 Å². The number of carbonyl (C=O) groups is 4. The fraction of sp³-hybridized carbons (Fsp3) is 0.550. The number of aromatic amines is 2. The van der Waals surface area contributed by atoms with E-state index >= 15 is 0 Å². The second kappa shape index (κ2) is 17.2. The lowest BCUT2D eigenvalue weighted by Crippen LogP contribution is -2.51. The molecule has 2 saturated heterocycles. The number of rotatable bonds is 11. The Kier molecular flexibility index (Phi) is 12.2. The number of methoxy groups -OCH3 is 2. The molecule has 4 heterocycles. The van der Waals surface area contributed by atoms with E-state index in [1.807, 2.05) is 31.1 Å². The van der Waals surface area contributed by atoms with Crippen molar-refractivity contribution in [3.63, 3.8) is 0 Å². The number of hydrogen-bond donors (Lipinski definition) is 4. The van der Waals surface area contributed by atoms with Crippen LogP contribution in [0.4, 0.5) is 9.59 Å². The minimum absolute atomic E-state index is 0.0815. The Morgan fingerprint density at radius 2 is 1.39 bits per heavy atom. The zero-order valence-electron chi connectivity index (χ0n) is 31.6. The quantitative estimate of drug-likeness (QED) is 0.181. The number of benzene rings is 1. The van der Waals surface area contributed by atoms with Gasteiger partial charge in [0.2, 0.25) is 11.8 Å². The van der Waals surface area contributed by atoms with Crippen molar-refractivity contribution in [1.29, 1.82) is 0 Å². The summed E-state index contributed by atoms with van der Waals surface area (Å²) in [7, 11) is 2.55. The lowest BCUT2D eigenvalue weighted by molar-refractivity contribution is -0.135. The van der Waals surface area contributed by atoms with Crippen LogP contribution < -0.4 is 10.6 Å². The van der Waals surface area contributed by atoms with E-state index in [4.69, 9.17) is 25.9 Å². The first-order valence-electron chi connectivity index (χ1n) is 19.0. The molecule has 3 aliphatic rings. The highest BCUT2D eigenvalue weighted by atomic mass is 16.5. The van der Waals surface area contributed by atoms with Gasteiger partial charge in [0, 0.05) is 37.3 Å². The zero-order valence-corrected chi connectivity index (χ0v) is 31.6. The Morgan fingerprint density at radius 3 is 2.00 bits per heavy atom. The summed E-state index contributed by atoms with van der Waals surface area (Å²) in [4.78, 5) is 70.7. The van der Waals surface area contributed by atoms with Crippen LogP contribution in [-0.4, -0.2) is 93.1 Å². The molecule has 1 aliphatic carbocycles. The van der Waals surface area contributed by atoms with Crippen LogP contribution in [0.15, 0.2) is 36.7 Å². The van der Waals surface area contributed by atoms with Gasteiger partial charge in [-0.05, 0) is 74.3 Å². The predicted molar refractivity (Wildman–Crippen MR) is 201 cm³/mol. The first-order chi connectivity index (χ1) is 26.1. The maximum atomic E-state index is 13.5. The van der Waals surface area contributed by atoms with Crippen LogP contribution in [0.5, 0.6) is 0 Å². The maximum absolute atomic E-state index is 13.5. The number of ether oxygens (including phenoxy) is 2. The van der Waals surface area contributed by atoms with Gasteiger partial charge in [0.05, 0.1) is 38.2 Å². The third-order valence-corrected chi connectivity index (χ3v) is 11.3. The van der Waals surface area contributed by atoms with E-state index in [0.29, 0.717) is 24.9 Å². The number of terminal acetylenes is 1. The summed E-state index contributed by atoms with van der Waals surface area (Å²) in [6.07, 6.45) is 15.5. The van der Waals surface area contributed by atoms with Gasteiger partial charge in [0.15, 0.2) is 0 Å². The van der Waals surface area contributed by atoms with Crippen LogP contribution >= 0.6 is 0 Å². The Morgan fingerprint density at radius 1 is 0.815 bits per heavy atom. The highest BCUT2D eigenvalue weighted by molar-refractivity contribution is 5.87. The predicted octanol–water partition coefficient (Wildman–Crippen LogP) is 5.70. The summed E-state index contributed by atoms with van der Waals surface area (Å²) < 4.78 is 9.45. The van der Waals surface area contributed by atoms with Crippen LogP contribution in [0.2, 0.25) is 0 Å². The van der Waals surface area contributed by atoms with Crippen molar-refractivity contribution < 1.29 is 28.7 Å². The van der Waals surface area contributed by atoms with Crippen molar-refractivity contribution in [2.45, 2.75) is 108 Å². The van der Waals surface area contributed by atoms with Crippen molar-refractivity contribution in [1.82, 2.24) is 40.4 Å². The van der Waals surface area contributed by atoms with E-state index in [1.165, 1.54) is 19.8 Å². The third-order valence-electron chi connectivity index (χ3n) is 11.3. The van der Waals surface area contributed by atoms with Gasteiger partial charge in [-0.2, -0.15) is 0 Å². The van der Waals surface area contributed by atoms with E-state index in [1.54, 1.807) is 4.90 Å². The van der Waals surface area contributed by atoms with Crippen molar-refractivity contribution in [2.24, 2.45) is 5.92 Å². The van der Waals surface area contributed by atoms with Gasteiger partial charge in [0.25, 0.3) is 0 Å². The molecule has 4 N–H and O–H groups in total. The number of likely N-dealkylation sites (tertiary alicyclic amines) is 2. The molecule has 288 valence electrons. The molecule has 4 amide bonds. The molecule has 3 fully saturated rings. The van der Waals surface area contributed by atoms with Crippen LogP contribution in [0.1, 0.15) is 118 Å². The lowest BCUT2D eigenvalue weighted by Gasteiger charge is -2.30. The molecule has 2 aliphatic heterocycles. The smallest absolute Gasteiger partial charge is 0.407 e. The summed E-state index contributed by atoms with van der Waals surface area (Å²) in [6.45, 7) is 4.99. The van der Waals surface area contributed by atoms with Crippen molar-refractivity contribution in [3.05, 3.63) is 59.6 Å². The standard InChI is InChI=1S/C40H52N8O6/c1-6-9-29(45-39(51)53-4)37(49)47-20-7-10-32(47)35-41-22-30(43-35)27-16-12-25(13-17-27)26-14-18-28(19-15-26)31-23-42-36(44-31)33-11-8-21-48(33)38(50)34(24(2)3)46-40(52)54-5/h1,14-15,18-19,22-25,27,29,32-34H,7-13,16-17,20-21H2,2-5H3,(H,41,43)(H,42,44)(H,45,51)(H,46,52)/t25-,27-,29-,32+,33+,34+/m1/s1. The number of alkyl carbamates (subject to hydrolysis) is 2. The Balaban J connectivity index is 1.04. The van der Waals surface area contributed by atoms with Gasteiger partial charge < -0.3 is 39.9 Å². The average molecular weight is 741 g/mol. The Hall–Kier alpha value is -5.32. The van der Waals surface area contributed by atoms with E-state index in [2.05, 4.69) is 50.8 Å². The summed E-state index contributed by atoms with van der Waals surface area (Å²) in [5.74, 6) is 4.38. The molecule has 0 spiro atoms. The summed E-state index contributed by atoms with van der Waals surface area (Å²) in [5, 5.41) is 5.28. The van der Waals surface area contributed by atoms with Crippen LogP contribution in [0.3, 0.4) is 0 Å². The molecule has 3 aromatic rings. The zero-order chi connectivity index (χ0) is 38.4. The van der Waals surface area contributed by atoms with Gasteiger partial charge >= 0.3 is 12.2 Å². The molecular formula is C40H52N8O6. The first-order valence-corrected chi connectivity index (χ1v) is 19.0. The molecule has 14 heteroatoms. The molecule has 0 unspecified atom stereocenters. The van der Waals surface area contributed by atoms with Gasteiger partial charge in [-0.1, -0.05) is 38.1 Å². The van der Waals surface area contributed by atoms with E-state index in [0.717, 1.165) is 80.0 Å². The van der Waals surface area contributed by atoms with Crippen molar-refractivity contribution in [3.8, 4) is 23.6 Å². The highest BCUT2D eigenvalue weighted by Crippen LogP contribution is 2.41. The van der Waals surface area contributed by atoms with E-state index in [9.17, 15) is 19.2 Å². The van der Waals surface area contributed by atoms with Crippen LogP contribution in [-0.2, 0) is 19.1 Å². The van der Waals surface area contributed by atoms with E-state index < -0.39 is 24.3 Å². The van der Waals surface area contributed by atoms with Crippen molar-refractivity contribution in [2.75, 3.05) is 27.3 Å². The number of H-pyrrole nitrogens is 2. The molecule has 54 heavy (non-hydrogen) atoms. The van der Waals surface area contributed by atoms with Crippen LogP contribution in [0, 0.1) is 18.3 Å². The first kappa shape index (κ1) is 38.4. The number of imidazole rings is 2.